The second kappa shape index (κ2) is 7.90. The number of carbonyl (C=O) groups excluding carboxylic acids is 1. The average Bonchev–Trinajstić information content (AvgIpc) is 2.83. The number of methoxy groups -OCH3 is 1. The van der Waals surface area contributed by atoms with E-state index in [0.29, 0.717) is 15.7 Å². The molecule has 0 spiro atoms. The van der Waals surface area contributed by atoms with Gasteiger partial charge in [0.05, 0.1) is 18.4 Å². The maximum Gasteiger partial charge on any atom is 0.341 e. The van der Waals surface area contributed by atoms with Gasteiger partial charge in [0.15, 0.2) is 5.11 Å². The zero-order valence-electron chi connectivity index (χ0n) is 13.0. The zero-order chi connectivity index (χ0) is 17.0. The Labute approximate surface area is 153 Å². The van der Waals surface area contributed by atoms with Crippen LogP contribution in [0.15, 0.2) is 28.7 Å². The van der Waals surface area contributed by atoms with E-state index in [4.69, 9.17) is 17.0 Å². The standard InChI is InChI=1S/C16H17BrN2O2S2/c1-4-10-9(2)23-14(13(10)15(20)21-3)19-16(22)18-12-8-6-5-7-11(12)17/h5-8H,4H2,1-3H3,(H2,18,19,22). The summed E-state index contributed by atoms with van der Waals surface area (Å²) in [5.41, 5.74) is 2.41. The molecule has 1 aromatic heterocycles. The van der Waals surface area contributed by atoms with E-state index in [1.54, 1.807) is 0 Å². The van der Waals surface area contributed by atoms with Gasteiger partial charge in [-0.3, -0.25) is 0 Å². The molecule has 0 amide bonds. The van der Waals surface area contributed by atoms with E-state index in [1.807, 2.05) is 38.1 Å². The Morgan fingerprint density at radius 3 is 2.65 bits per heavy atom. The van der Waals surface area contributed by atoms with Gasteiger partial charge in [-0.25, -0.2) is 4.79 Å². The van der Waals surface area contributed by atoms with E-state index in [2.05, 4.69) is 26.6 Å². The molecule has 2 aromatic rings. The lowest BCUT2D eigenvalue weighted by molar-refractivity contribution is 0.0601. The molecule has 1 heterocycles. The van der Waals surface area contributed by atoms with Crippen molar-refractivity contribution in [3.8, 4) is 0 Å². The number of hydrogen-bond donors (Lipinski definition) is 2. The first-order valence-corrected chi connectivity index (χ1v) is 9.02. The van der Waals surface area contributed by atoms with Gasteiger partial charge in [-0.1, -0.05) is 19.1 Å². The van der Waals surface area contributed by atoms with E-state index in [0.717, 1.165) is 27.0 Å². The fourth-order valence-corrected chi connectivity index (χ4v) is 4.03. The van der Waals surface area contributed by atoms with Gasteiger partial charge >= 0.3 is 5.97 Å². The predicted octanol–water partition coefficient (Wildman–Crippen LogP) is 4.98. The van der Waals surface area contributed by atoms with E-state index < -0.39 is 0 Å². The third kappa shape index (κ3) is 4.10. The topological polar surface area (TPSA) is 50.4 Å². The van der Waals surface area contributed by atoms with Crippen molar-refractivity contribution in [2.24, 2.45) is 0 Å². The lowest BCUT2D eigenvalue weighted by Gasteiger charge is -2.12. The number of aryl methyl sites for hydroxylation is 1. The lowest BCUT2D eigenvalue weighted by atomic mass is 10.1. The summed E-state index contributed by atoms with van der Waals surface area (Å²) in [6, 6.07) is 7.68. The first-order chi connectivity index (χ1) is 11.0. The van der Waals surface area contributed by atoms with Gasteiger partial charge < -0.3 is 15.4 Å². The third-order valence-electron chi connectivity index (χ3n) is 3.30. The molecule has 0 bridgehead atoms. The molecular formula is C16H17BrN2O2S2. The van der Waals surface area contributed by atoms with Crippen LogP contribution in [0.1, 0.15) is 27.7 Å². The van der Waals surface area contributed by atoms with Crippen molar-refractivity contribution in [2.45, 2.75) is 20.3 Å². The number of anilines is 2. The van der Waals surface area contributed by atoms with Crippen molar-refractivity contribution < 1.29 is 9.53 Å². The molecule has 7 heteroatoms. The Kier molecular flexibility index (Phi) is 6.15. The molecule has 0 saturated heterocycles. The van der Waals surface area contributed by atoms with Gasteiger partial charge in [-0.15, -0.1) is 11.3 Å². The fraction of sp³-hybridized carbons (Fsp3) is 0.250. The number of ether oxygens (including phenoxy) is 1. The number of esters is 1. The first-order valence-electron chi connectivity index (χ1n) is 7.01. The van der Waals surface area contributed by atoms with Crippen molar-refractivity contribution in [2.75, 3.05) is 17.7 Å². The summed E-state index contributed by atoms with van der Waals surface area (Å²) < 4.78 is 5.82. The van der Waals surface area contributed by atoms with Crippen LogP contribution in [0.3, 0.4) is 0 Å². The van der Waals surface area contributed by atoms with Crippen LogP contribution in [-0.2, 0) is 11.2 Å². The molecule has 122 valence electrons. The number of thiophene rings is 1. The van der Waals surface area contributed by atoms with Crippen LogP contribution in [0.5, 0.6) is 0 Å². The number of nitrogens with one attached hydrogen (secondary N) is 2. The van der Waals surface area contributed by atoms with Crippen LogP contribution in [0, 0.1) is 6.92 Å². The van der Waals surface area contributed by atoms with Crippen molar-refractivity contribution >= 4 is 61.3 Å². The molecular weight excluding hydrogens is 396 g/mol. The zero-order valence-corrected chi connectivity index (χ0v) is 16.2. The van der Waals surface area contributed by atoms with Crippen molar-refractivity contribution in [1.82, 2.24) is 0 Å². The summed E-state index contributed by atoms with van der Waals surface area (Å²) in [6.45, 7) is 4.01. The Morgan fingerprint density at radius 1 is 1.35 bits per heavy atom. The number of para-hydroxylation sites is 1. The second-order valence-corrected chi connectivity index (χ2v) is 7.23. The Balaban J connectivity index is 2.24. The van der Waals surface area contributed by atoms with Crippen LogP contribution in [0.25, 0.3) is 0 Å². The number of halogens is 1. The molecule has 2 N–H and O–H groups in total. The molecule has 0 aliphatic heterocycles. The molecule has 23 heavy (non-hydrogen) atoms. The van der Waals surface area contributed by atoms with Crippen molar-refractivity contribution in [1.29, 1.82) is 0 Å². The van der Waals surface area contributed by atoms with Crippen LogP contribution in [0.4, 0.5) is 10.7 Å². The van der Waals surface area contributed by atoms with Crippen LogP contribution in [0.2, 0.25) is 0 Å². The Hall–Kier alpha value is -1.44. The second-order valence-electron chi connectivity index (χ2n) is 4.75. The number of rotatable bonds is 4. The normalized spacial score (nSPS) is 10.3. The molecule has 0 fully saturated rings. The summed E-state index contributed by atoms with van der Waals surface area (Å²) in [6.07, 6.45) is 0.763. The van der Waals surface area contributed by atoms with Crippen LogP contribution in [-0.4, -0.2) is 18.2 Å². The molecule has 0 atom stereocenters. The number of hydrogen-bond acceptors (Lipinski definition) is 4. The summed E-state index contributed by atoms with van der Waals surface area (Å²) in [5, 5.41) is 7.36. The minimum absolute atomic E-state index is 0.350. The smallest absolute Gasteiger partial charge is 0.341 e. The molecule has 0 radical (unpaired) electrons. The predicted molar refractivity (Wildman–Crippen MR) is 104 cm³/mol. The van der Waals surface area contributed by atoms with Gasteiger partial charge in [0.25, 0.3) is 0 Å². The van der Waals surface area contributed by atoms with Gasteiger partial charge in [-0.05, 0) is 59.2 Å². The van der Waals surface area contributed by atoms with Gasteiger partial charge in [-0.2, -0.15) is 0 Å². The quantitative estimate of drug-likeness (QED) is 0.547. The molecule has 4 nitrogen and oxygen atoms in total. The van der Waals surface area contributed by atoms with Crippen LogP contribution < -0.4 is 10.6 Å². The number of carbonyl (C=O) groups is 1. The Bertz CT molecular complexity index is 744. The number of benzene rings is 1. The van der Waals surface area contributed by atoms with Gasteiger partial charge in [0, 0.05) is 9.35 Å². The van der Waals surface area contributed by atoms with E-state index in [9.17, 15) is 4.79 Å². The molecule has 2 rings (SSSR count). The minimum Gasteiger partial charge on any atom is -0.465 e. The first kappa shape index (κ1) is 17.9. The maximum absolute atomic E-state index is 12.1. The largest absolute Gasteiger partial charge is 0.465 e. The summed E-state index contributed by atoms with van der Waals surface area (Å²) in [7, 11) is 1.39. The molecule has 0 unspecified atom stereocenters. The fourth-order valence-electron chi connectivity index (χ4n) is 2.23. The highest BCUT2D eigenvalue weighted by molar-refractivity contribution is 9.10. The molecule has 0 aliphatic carbocycles. The van der Waals surface area contributed by atoms with E-state index in [1.165, 1.54) is 18.4 Å². The highest BCUT2D eigenvalue weighted by atomic mass is 79.9. The minimum atomic E-state index is -0.350. The van der Waals surface area contributed by atoms with Crippen LogP contribution >= 0.6 is 39.5 Å². The monoisotopic (exact) mass is 412 g/mol. The van der Waals surface area contributed by atoms with Crippen molar-refractivity contribution in [3.63, 3.8) is 0 Å². The van der Waals surface area contributed by atoms with Gasteiger partial charge in [0.2, 0.25) is 0 Å². The third-order valence-corrected chi connectivity index (χ3v) is 5.26. The maximum atomic E-state index is 12.1. The Morgan fingerprint density at radius 2 is 2.04 bits per heavy atom. The molecule has 0 aliphatic rings. The van der Waals surface area contributed by atoms with E-state index >= 15 is 0 Å². The molecule has 1 aromatic carbocycles. The van der Waals surface area contributed by atoms with E-state index in [-0.39, 0.29) is 5.97 Å². The SMILES string of the molecule is CCc1c(C)sc(NC(=S)Nc2ccccc2Br)c1C(=O)OC. The van der Waals surface area contributed by atoms with Gasteiger partial charge in [0.1, 0.15) is 5.00 Å². The summed E-state index contributed by atoms with van der Waals surface area (Å²) >= 11 is 10.3. The summed E-state index contributed by atoms with van der Waals surface area (Å²) in [4.78, 5) is 13.2. The highest BCUT2D eigenvalue weighted by Crippen LogP contribution is 2.34. The number of thiocarbonyl (C=S) groups is 1. The average molecular weight is 413 g/mol. The highest BCUT2D eigenvalue weighted by Gasteiger charge is 2.22. The lowest BCUT2D eigenvalue weighted by Crippen LogP contribution is -2.20. The molecule has 0 saturated carbocycles. The van der Waals surface area contributed by atoms with Crippen molar-refractivity contribution in [3.05, 3.63) is 44.7 Å². The summed E-state index contributed by atoms with van der Waals surface area (Å²) in [5.74, 6) is -0.350.